The molecule has 0 amide bonds. The summed E-state index contributed by atoms with van der Waals surface area (Å²) in [5.41, 5.74) is 2.17. The van der Waals surface area contributed by atoms with E-state index in [1.807, 2.05) is 0 Å². The Bertz CT molecular complexity index is 669. The molecular weight excluding hydrogens is 274 g/mol. The van der Waals surface area contributed by atoms with E-state index in [0.717, 1.165) is 6.08 Å². The van der Waals surface area contributed by atoms with Gasteiger partial charge in [-0.05, 0) is 54.3 Å². The summed E-state index contributed by atoms with van der Waals surface area (Å²) in [6, 6.07) is 5.02. The van der Waals surface area contributed by atoms with Crippen LogP contribution in [0.5, 0.6) is 5.75 Å². The molecule has 0 spiro atoms. The second-order valence-corrected chi connectivity index (χ2v) is 4.87. The maximum absolute atomic E-state index is 13.4. The van der Waals surface area contributed by atoms with Gasteiger partial charge in [-0.1, -0.05) is 6.58 Å². The van der Waals surface area contributed by atoms with Gasteiger partial charge in [-0.3, -0.25) is 4.79 Å². The van der Waals surface area contributed by atoms with Gasteiger partial charge >= 0.3 is 0 Å². The van der Waals surface area contributed by atoms with Crippen LogP contribution in [-0.2, 0) is 0 Å². The average Bonchev–Trinajstić information content (AvgIpc) is 2.48. The van der Waals surface area contributed by atoms with E-state index in [4.69, 9.17) is 4.74 Å². The molecule has 0 bridgehead atoms. The standard InChI is InChI=1S/C17H16F2O2/c1-10(12-4-7-16(18)17(19)8-12)15-9-13(21-3)5-6-14(15)11(2)20/h5-6,8-9H,1,4,7H2,2-3H3. The van der Waals surface area contributed by atoms with E-state index in [0.29, 0.717) is 34.4 Å². The predicted octanol–water partition coefficient (Wildman–Crippen LogP) is 4.78. The van der Waals surface area contributed by atoms with E-state index in [9.17, 15) is 13.6 Å². The molecule has 0 saturated carbocycles. The second kappa shape index (κ2) is 6.04. The van der Waals surface area contributed by atoms with Crippen molar-refractivity contribution in [3.63, 3.8) is 0 Å². The van der Waals surface area contributed by atoms with Crippen LogP contribution in [0.3, 0.4) is 0 Å². The Hall–Kier alpha value is -2.23. The first kappa shape index (κ1) is 15.2. The van der Waals surface area contributed by atoms with Crippen LogP contribution in [0.2, 0.25) is 0 Å². The molecule has 0 radical (unpaired) electrons. The Morgan fingerprint density at radius 1 is 1.24 bits per heavy atom. The summed E-state index contributed by atoms with van der Waals surface area (Å²) >= 11 is 0. The maximum Gasteiger partial charge on any atom is 0.160 e. The molecule has 0 N–H and O–H groups in total. The topological polar surface area (TPSA) is 26.3 Å². The smallest absolute Gasteiger partial charge is 0.160 e. The number of halogens is 2. The van der Waals surface area contributed by atoms with Gasteiger partial charge in [0, 0.05) is 12.0 Å². The molecule has 0 aliphatic heterocycles. The number of methoxy groups -OCH3 is 1. The minimum Gasteiger partial charge on any atom is -0.497 e. The largest absolute Gasteiger partial charge is 0.497 e. The highest BCUT2D eigenvalue weighted by Crippen LogP contribution is 2.35. The van der Waals surface area contributed by atoms with Crippen LogP contribution in [0.1, 0.15) is 35.7 Å². The van der Waals surface area contributed by atoms with Gasteiger partial charge in [-0.2, -0.15) is 0 Å². The fraction of sp³-hybridized carbons (Fsp3) is 0.235. The molecular formula is C17H16F2O2. The number of rotatable bonds is 4. The van der Waals surface area contributed by atoms with Crippen LogP contribution in [0, 0.1) is 0 Å². The van der Waals surface area contributed by atoms with Crippen LogP contribution in [0.25, 0.3) is 5.57 Å². The lowest BCUT2D eigenvalue weighted by atomic mass is 9.89. The van der Waals surface area contributed by atoms with E-state index < -0.39 is 11.7 Å². The third kappa shape index (κ3) is 3.10. The fourth-order valence-corrected chi connectivity index (χ4v) is 2.29. The number of Topliss-reactive ketones (excluding diaryl/α,β-unsaturated/α-hetero) is 1. The third-order valence-electron chi connectivity index (χ3n) is 3.49. The van der Waals surface area contributed by atoms with Gasteiger partial charge in [0.25, 0.3) is 0 Å². The minimum atomic E-state index is -0.871. The molecule has 0 aromatic heterocycles. The average molecular weight is 290 g/mol. The summed E-state index contributed by atoms with van der Waals surface area (Å²) in [5.74, 6) is -1.16. The highest BCUT2D eigenvalue weighted by Gasteiger charge is 2.19. The molecule has 0 fully saturated rings. The van der Waals surface area contributed by atoms with E-state index in [1.165, 1.54) is 14.0 Å². The van der Waals surface area contributed by atoms with Crippen molar-refractivity contribution >= 4 is 11.4 Å². The molecule has 1 aromatic rings. The van der Waals surface area contributed by atoms with Crippen molar-refractivity contribution in [3.8, 4) is 5.75 Å². The molecule has 4 heteroatoms. The van der Waals surface area contributed by atoms with Crippen molar-refractivity contribution < 1.29 is 18.3 Å². The van der Waals surface area contributed by atoms with Crippen molar-refractivity contribution in [1.29, 1.82) is 0 Å². The summed E-state index contributed by atoms with van der Waals surface area (Å²) in [6.45, 7) is 5.39. The summed E-state index contributed by atoms with van der Waals surface area (Å²) < 4.78 is 31.7. The molecule has 1 aliphatic carbocycles. The number of allylic oxidation sites excluding steroid dienone is 5. The Balaban J connectivity index is 2.48. The highest BCUT2D eigenvalue weighted by molar-refractivity contribution is 6.01. The lowest BCUT2D eigenvalue weighted by Gasteiger charge is -2.17. The molecule has 2 rings (SSSR count). The summed E-state index contributed by atoms with van der Waals surface area (Å²) in [4.78, 5) is 11.7. The van der Waals surface area contributed by atoms with Gasteiger partial charge in [0.05, 0.1) is 7.11 Å². The zero-order chi connectivity index (χ0) is 15.6. The molecule has 0 unspecified atom stereocenters. The Labute approximate surface area is 122 Å². The monoisotopic (exact) mass is 290 g/mol. The van der Waals surface area contributed by atoms with Crippen molar-refractivity contribution in [2.45, 2.75) is 19.8 Å². The van der Waals surface area contributed by atoms with Crippen LogP contribution in [0.15, 0.2) is 48.1 Å². The zero-order valence-corrected chi connectivity index (χ0v) is 12.0. The predicted molar refractivity (Wildman–Crippen MR) is 78.6 cm³/mol. The lowest BCUT2D eigenvalue weighted by molar-refractivity contribution is 0.101. The van der Waals surface area contributed by atoms with E-state index >= 15 is 0 Å². The van der Waals surface area contributed by atoms with E-state index in [2.05, 4.69) is 6.58 Å². The first-order valence-corrected chi connectivity index (χ1v) is 6.57. The Morgan fingerprint density at radius 2 is 1.95 bits per heavy atom. The Morgan fingerprint density at radius 3 is 2.52 bits per heavy atom. The Kier molecular flexibility index (Phi) is 4.36. The number of carbonyl (C=O) groups excluding carboxylic acids is 1. The number of ketones is 1. The first-order valence-electron chi connectivity index (χ1n) is 6.57. The summed E-state index contributed by atoms with van der Waals surface area (Å²) in [7, 11) is 1.52. The summed E-state index contributed by atoms with van der Waals surface area (Å²) in [6.07, 6.45) is 1.51. The van der Waals surface area contributed by atoms with Crippen LogP contribution < -0.4 is 4.74 Å². The van der Waals surface area contributed by atoms with E-state index in [1.54, 1.807) is 18.2 Å². The lowest BCUT2D eigenvalue weighted by Crippen LogP contribution is -2.03. The molecule has 2 nitrogen and oxygen atoms in total. The van der Waals surface area contributed by atoms with E-state index in [-0.39, 0.29) is 12.2 Å². The highest BCUT2D eigenvalue weighted by atomic mass is 19.2. The molecule has 21 heavy (non-hydrogen) atoms. The maximum atomic E-state index is 13.4. The quantitative estimate of drug-likeness (QED) is 0.746. The fourth-order valence-electron chi connectivity index (χ4n) is 2.29. The van der Waals surface area contributed by atoms with Crippen LogP contribution in [-0.4, -0.2) is 12.9 Å². The number of hydrogen-bond acceptors (Lipinski definition) is 2. The van der Waals surface area contributed by atoms with Gasteiger partial charge < -0.3 is 4.74 Å². The van der Waals surface area contributed by atoms with Gasteiger partial charge in [0.1, 0.15) is 11.6 Å². The SMILES string of the molecule is C=C(C1=CC(F)=C(F)CC1)c1cc(OC)ccc1C(C)=O. The molecule has 1 aliphatic rings. The normalized spacial score (nSPS) is 14.8. The van der Waals surface area contributed by atoms with Gasteiger partial charge in [0.2, 0.25) is 0 Å². The van der Waals surface area contributed by atoms with Gasteiger partial charge in [-0.15, -0.1) is 0 Å². The van der Waals surface area contributed by atoms with Gasteiger partial charge in [0.15, 0.2) is 11.6 Å². The summed E-state index contributed by atoms with van der Waals surface area (Å²) in [5, 5.41) is 0. The second-order valence-electron chi connectivity index (χ2n) is 4.87. The number of hydrogen-bond donors (Lipinski definition) is 0. The van der Waals surface area contributed by atoms with Crippen molar-refractivity contribution in [3.05, 3.63) is 59.2 Å². The third-order valence-corrected chi connectivity index (χ3v) is 3.49. The minimum absolute atomic E-state index is 0.00998. The first-order chi connectivity index (χ1) is 9.93. The van der Waals surface area contributed by atoms with Crippen molar-refractivity contribution in [2.75, 3.05) is 7.11 Å². The van der Waals surface area contributed by atoms with Crippen molar-refractivity contribution in [1.82, 2.24) is 0 Å². The zero-order valence-electron chi connectivity index (χ0n) is 12.0. The molecule has 110 valence electrons. The molecule has 1 aromatic carbocycles. The molecule has 0 saturated heterocycles. The molecule has 0 heterocycles. The van der Waals surface area contributed by atoms with Crippen molar-refractivity contribution in [2.24, 2.45) is 0 Å². The van der Waals surface area contributed by atoms with Gasteiger partial charge in [-0.25, -0.2) is 8.78 Å². The van der Waals surface area contributed by atoms with Crippen LogP contribution in [0.4, 0.5) is 8.78 Å². The van der Waals surface area contributed by atoms with Crippen LogP contribution >= 0.6 is 0 Å². The number of ether oxygens (including phenoxy) is 1. The molecule has 0 atom stereocenters. The number of benzene rings is 1. The number of carbonyl (C=O) groups is 1.